The predicted octanol–water partition coefficient (Wildman–Crippen LogP) is 6.06. The molecule has 0 spiro atoms. The lowest BCUT2D eigenvalue weighted by molar-refractivity contribution is 0.186. The summed E-state index contributed by atoms with van der Waals surface area (Å²) in [6.07, 6.45) is 1.16. The molecular weight excluding hydrogens is 402 g/mol. The molecule has 0 radical (unpaired) electrons. The van der Waals surface area contributed by atoms with E-state index in [0.29, 0.717) is 6.04 Å². The van der Waals surface area contributed by atoms with Crippen LogP contribution in [0.1, 0.15) is 53.6 Å². The largest absolute Gasteiger partial charge is 0.298 e. The van der Waals surface area contributed by atoms with E-state index in [4.69, 9.17) is 0 Å². The number of fused-ring (bicyclic) bond motifs is 6. The molecule has 4 rings (SSSR count). The highest BCUT2D eigenvalue weighted by Crippen LogP contribution is 2.19. The van der Waals surface area contributed by atoms with E-state index >= 15 is 0 Å². The summed E-state index contributed by atoms with van der Waals surface area (Å²) in [4.78, 5) is 7.46. The van der Waals surface area contributed by atoms with Crippen molar-refractivity contribution in [1.29, 1.82) is 0 Å². The molecule has 0 N–H and O–H groups in total. The lowest BCUT2D eigenvalue weighted by Crippen LogP contribution is -2.31. The second-order valence-corrected chi connectivity index (χ2v) is 9.97. The van der Waals surface area contributed by atoms with E-state index in [9.17, 15) is 0 Å². The summed E-state index contributed by atoms with van der Waals surface area (Å²) in [6, 6.07) is 28.0. The van der Waals surface area contributed by atoms with Crippen LogP contribution >= 0.6 is 0 Å². The highest BCUT2D eigenvalue weighted by molar-refractivity contribution is 5.27. The van der Waals surface area contributed by atoms with Gasteiger partial charge in [-0.05, 0) is 60.8 Å². The molecule has 0 fully saturated rings. The van der Waals surface area contributed by atoms with Crippen molar-refractivity contribution in [2.75, 3.05) is 14.1 Å². The molecule has 3 nitrogen and oxygen atoms in total. The van der Waals surface area contributed by atoms with E-state index in [0.717, 1.165) is 45.7 Å². The lowest BCUT2D eigenvalue weighted by atomic mass is 10.0. The van der Waals surface area contributed by atoms with E-state index in [1.807, 2.05) is 0 Å². The Bertz CT molecular complexity index is 969. The third-order valence-electron chi connectivity index (χ3n) is 6.77. The summed E-state index contributed by atoms with van der Waals surface area (Å²) in [5.41, 5.74) is 8.34. The Morgan fingerprint density at radius 2 is 0.879 bits per heavy atom. The van der Waals surface area contributed by atoms with E-state index in [-0.39, 0.29) is 0 Å². The number of nitrogens with zero attached hydrogens (tertiary/aromatic N) is 3. The van der Waals surface area contributed by atoms with Crippen molar-refractivity contribution in [2.45, 2.75) is 65.6 Å². The first-order valence-corrected chi connectivity index (χ1v) is 12.3. The monoisotopic (exact) mass is 441 g/mol. The van der Waals surface area contributed by atoms with E-state index in [1.165, 1.54) is 33.4 Å². The van der Waals surface area contributed by atoms with Gasteiger partial charge in [-0.25, -0.2) is 0 Å². The van der Waals surface area contributed by atoms with Gasteiger partial charge in [0, 0.05) is 45.3 Å². The fourth-order valence-corrected chi connectivity index (χ4v) is 4.93. The fraction of sp³-hybridized carbons (Fsp3) is 0.400. The normalized spacial score (nSPS) is 17.8. The smallest absolute Gasteiger partial charge is 0.0240 e. The van der Waals surface area contributed by atoms with Crippen LogP contribution in [0.4, 0.5) is 0 Å². The molecule has 0 amide bonds. The van der Waals surface area contributed by atoms with Crippen molar-refractivity contribution in [3.63, 3.8) is 0 Å². The molecule has 0 saturated heterocycles. The Morgan fingerprint density at radius 3 is 1.18 bits per heavy atom. The highest BCUT2D eigenvalue weighted by atomic mass is 15.1. The van der Waals surface area contributed by atoms with Crippen molar-refractivity contribution in [1.82, 2.24) is 14.7 Å². The van der Waals surface area contributed by atoms with Gasteiger partial charge in [-0.1, -0.05) is 79.7 Å². The van der Waals surface area contributed by atoms with Crippen LogP contribution in [0.5, 0.6) is 0 Å². The third kappa shape index (κ3) is 6.77. The Labute approximate surface area is 200 Å². The number of benzene rings is 3. The predicted molar refractivity (Wildman–Crippen MR) is 139 cm³/mol. The molecule has 1 aliphatic heterocycles. The molecule has 0 aliphatic carbocycles. The SMILES string of the molecule is CCC(C)N1Cc2cccc(c2)CN(C)Cc2cccc(c2)CN(C)Cc2cccc(c2)C1. The maximum atomic E-state index is 2.62. The van der Waals surface area contributed by atoms with Crippen LogP contribution in [0, 0.1) is 0 Å². The molecule has 1 aliphatic rings. The van der Waals surface area contributed by atoms with Crippen molar-refractivity contribution in [3.05, 3.63) is 106 Å². The third-order valence-corrected chi connectivity index (χ3v) is 6.77. The highest BCUT2D eigenvalue weighted by Gasteiger charge is 2.15. The van der Waals surface area contributed by atoms with Crippen molar-refractivity contribution in [3.8, 4) is 0 Å². The van der Waals surface area contributed by atoms with Crippen LogP contribution < -0.4 is 0 Å². The summed E-state index contributed by atoms with van der Waals surface area (Å²) in [6.45, 7) is 10.5. The maximum Gasteiger partial charge on any atom is 0.0240 e. The Kier molecular flexibility index (Phi) is 7.97. The zero-order chi connectivity index (χ0) is 23.2. The van der Waals surface area contributed by atoms with Gasteiger partial charge in [-0.15, -0.1) is 0 Å². The van der Waals surface area contributed by atoms with Crippen LogP contribution in [-0.2, 0) is 39.3 Å². The number of hydrogen-bond acceptors (Lipinski definition) is 3. The molecule has 3 aromatic rings. The molecule has 6 bridgehead atoms. The summed E-state index contributed by atoms with van der Waals surface area (Å²) in [7, 11) is 4.45. The molecular formula is C30H39N3. The number of rotatable bonds is 2. The van der Waals surface area contributed by atoms with Crippen LogP contribution in [0.2, 0.25) is 0 Å². The average molecular weight is 442 g/mol. The minimum absolute atomic E-state index is 0.540. The van der Waals surface area contributed by atoms with Gasteiger partial charge in [-0.2, -0.15) is 0 Å². The quantitative estimate of drug-likeness (QED) is 0.478. The molecule has 33 heavy (non-hydrogen) atoms. The van der Waals surface area contributed by atoms with Gasteiger partial charge in [0.05, 0.1) is 0 Å². The van der Waals surface area contributed by atoms with E-state index < -0.39 is 0 Å². The van der Waals surface area contributed by atoms with Gasteiger partial charge < -0.3 is 0 Å². The van der Waals surface area contributed by atoms with Gasteiger partial charge in [0.1, 0.15) is 0 Å². The van der Waals surface area contributed by atoms with Crippen molar-refractivity contribution >= 4 is 0 Å². The van der Waals surface area contributed by atoms with Gasteiger partial charge in [0.2, 0.25) is 0 Å². The molecule has 1 unspecified atom stereocenters. The van der Waals surface area contributed by atoms with E-state index in [1.54, 1.807) is 0 Å². The fourth-order valence-electron chi connectivity index (χ4n) is 4.93. The zero-order valence-electron chi connectivity index (χ0n) is 20.8. The van der Waals surface area contributed by atoms with Crippen molar-refractivity contribution < 1.29 is 0 Å². The van der Waals surface area contributed by atoms with Gasteiger partial charge in [0.25, 0.3) is 0 Å². The Balaban J connectivity index is 1.67. The first-order valence-electron chi connectivity index (χ1n) is 12.3. The molecule has 1 atom stereocenters. The van der Waals surface area contributed by atoms with Crippen LogP contribution in [-0.4, -0.2) is 34.8 Å². The zero-order valence-corrected chi connectivity index (χ0v) is 20.8. The second kappa shape index (κ2) is 11.1. The first kappa shape index (κ1) is 23.7. The standard InChI is InChI=1S/C30H39N3/c1-5-24(2)33-22-29-13-7-11-27(16-29)20-31(3)18-25-9-6-10-26(15-25)19-32(4)21-28-12-8-14-30(17-28)23-33/h6-17,24H,5,18-23H2,1-4H3. The molecule has 3 heteroatoms. The van der Waals surface area contributed by atoms with Gasteiger partial charge >= 0.3 is 0 Å². The van der Waals surface area contributed by atoms with Crippen LogP contribution in [0.15, 0.2) is 72.8 Å². The minimum atomic E-state index is 0.540. The molecule has 0 saturated carbocycles. The minimum Gasteiger partial charge on any atom is -0.298 e. The lowest BCUT2D eigenvalue weighted by Gasteiger charge is -2.29. The molecule has 3 aromatic carbocycles. The van der Waals surface area contributed by atoms with E-state index in [2.05, 4.69) is 115 Å². The molecule has 174 valence electrons. The summed E-state index contributed by atoms with van der Waals surface area (Å²) in [5, 5.41) is 0. The summed E-state index contributed by atoms with van der Waals surface area (Å²) < 4.78 is 0. The first-order chi connectivity index (χ1) is 16.0. The Hall–Kier alpha value is -2.46. The average Bonchev–Trinajstić information content (AvgIpc) is 2.78. The van der Waals surface area contributed by atoms with Crippen LogP contribution in [0.3, 0.4) is 0 Å². The topological polar surface area (TPSA) is 9.72 Å². The second-order valence-electron chi connectivity index (χ2n) is 9.97. The molecule has 1 heterocycles. The number of hydrogen-bond donors (Lipinski definition) is 0. The molecule has 0 aromatic heterocycles. The maximum absolute atomic E-state index is 2.62. The van der Waals surface area contributed by atoms with Gasteiger partial charge in [0.15, 0.2) is 0 Å². The van der Waals surface area contributed by atoms with Crippen molar-refractivity contribution in [2.24, 2.45) is 0 Å². The summed E-state index contributed by atoms with van der Waals surface area (Å²) >= 11 is 0. The van der Waals surface area contributed by atoms with Crippen LogP contribution in [0.25, 0.3) is 0 Å². The Morgan fingerprint density at radius 1 is 0.576 bits per heavy atom. The van der Waals surface area contributed by atoms with Gasteiger partial charge in [-0.3, -0.25) is 14.7 Å². The summed E-state index contributed by atoms with van der Waals surface area (Å²) in [5.74, 6) is 0.